The van der Waals surface area contributed by atoms with Crippen molar-refractivity contribution in [2.24, 2.45) is 0 Å². The normalized spacial score (nSPS) is 10.5. The molecule has 0 atom stereocenters. The number of ketones is 2. The van der Waals surface area contributed by atoms with E-state index in [1.165, 1.54) is 17.7 Å². The van der Waals surface area contributed by atoms with Crippen LogP contribution < -0.4 is 0 Å². The molecule has 22 heavy (non-hydrogen) atoms. The van der Waals surface area contributed by atoms with Crippen LogP contribution in [-0.4, -0.2) is 31.7 Å². The Balaban J connectivity index is 1.64. The lowest BCUT2D eigenvalue weighted by atomic mass is 10.1. The third-order valence-electron chi connectivity index (χ3n) is 3.05. The first-order valence-corrected chi connectivity index (χ1v) is 7.44. The number of pyridine rings is 1. The smallest absolute Gasteiger partial charge is 0.267 e. The fourth-order valence-corrected chi connectivity index (χ4v) is 3.05. The van der Waals surface area contributed by atoms with Crippen LogP contribution >= 0.6 is 11.3 Å². The molecule has 0 saturated carbocycles. The van der Waals surface area contributed by atoms with E-state index in [2.05, 4.69) is 20.2 Å². The van der Waals surface area contributed by atoms with E-state index in [1.54, 1.807) is 12.4 Å². The molecular weight excluding hydrogens is 300 g/mol. The maximum atomic E-state index is 11.9. The van der Waals surface area contributed by atoms with Gasteiger partial charge in [-0.1, -0.05) is 0 Å². The summed E-state index contributed by atoms with van der Waals surface area (Å²) in [6.45, 7) is 0. The maximum Gasteiger partial charge on any atom is 0.267 e. The van der Waals surface area contributed by atoms with Crippen molar-refractivity contribution in [1.29, 1.82) is 0 Å². The molecule has 0 fully saturated rings. The topological polar surface area (TPSA) is 88.6 Å². The zero-order valence-corrected chi connectivity index (χ0v) is 12.3. The van der Waals surface area contributed by atoms with Crippen molar-refractivity contribution in [3.8, 4) is 0 Å². The summed E-state index contributed by atoms with van der Waals surface area (Å²) < 4.78 is 0. The number of H-pyrrole nitrogens is 1. The van der Waals surface area contributed by atoms with Gasteiger partial charge in [0.25, 0.3) is 5.78 Å². The third kappa shape index (κ3) is 3.32. The summed E-state index contributed by atoms with van der Waals surface area (Å²) in [5.74, 6) is -1.25. The Kier molecular flexibility index (Phi) is 4.15. The number of aromatic amines is 1. The van der Waals surface area contributed by atoms with Crippen LogP contribution in [0.2, 0.25) is 0 Å². The molecule has 0 radical (unpaired) electrons. The third-order valence-corrected chi connectivity index (χ3v) is 4.14. The van der Waals surface area contributed by atoms with Gasteiger partial charge in [-0.05, 0) is 29.8 Å². The van der Waals surface area contributed by atoms with E-state index in [0.717, 1.165) is 21.7 Å². The van der Waals surface area contributed by atoms with Crippen molar-refractivity contribution in [3.63, 3.8) is 0 Å². The first kappa shape index (κ1) is 14.3. The molecule has 3 aromatic rings. The molecule has 1 N–H and O–H groups in total. The molecule has 0 amide bonds. The van der Waals surface area contributed by atoms with Crippen molar-refractivity contribution < 1.29 is 9.59 Å². The number of carbonyl (C=O) groups is 2. The molecule has 0 aliphatic heterocycles. The number of hydrogen-bond donors (Lipinski definition) is 1. The summed E-state index contributed by atoms with van der Waals surface area (Å²) in [5, 5.41) is 6.06. The molecule has 0 saturated heterocycles. The van der Waals surface area contributed by atoms with Gasteiger partial charge in [-0.2, -0.15) is 0 Å². The second-order valence-corrected chi connectivity index (χ2v) is 5.90. The first-order chi connectivity index (χ1) is 10.7. The quantitative estimate of drug-likeness (QED) is 0.554. The monoisotopic (exact) mass is 312 g/mol. The highest BCUT2D eigenvalue weighted by Crippen LogP contribution is 2.20. The lowest BCUT2D eigenvalue weighted by Gasteiger charge is -1.97. The van der Waals surface area contributed by atoms with Gasteiger partial charge in [-0.15, -0.1) is 16.4 Å². The number of Topliss-reactive ketones (excluding diaryl/α,β-unsaturated/α-hetero) is 2. The lowest BCUT2D eigenvalue weighted by Crippen LogP contribution is -2.17. The van der Waals surface area contributed by atoms with Gasteiger partial charge in [0.2, 0.25) is 11.6 Å². The molecule has 3 aromatic heterocycles. The molecule has 3 rings (SSSR count). The molecule has 0 aliphatic carbocycles. The number of thiophene rings is 1. The van der Waals surface area contributed by atoms with Crippen LogP contribution in [0.4, 0.5) is 0 Å². The predicted molar refractivity (Wildman–Crippen MR) is 80.8 cm³/mol. The van der Waals surface area contributed by atoms with Crippen LogP contribution in [0, 0.1) is 0 Å². The van der Waals surface area contributed by atoms with Crippen LogP contribution in [0.25, 0.3) is 0 Å². The van der Waals surface area contributed by atoms with Crippen LogP contribution in [0.3, 0.4) is 0 Å². The summed E-state index contributed by atoms with van der Waals surface area (Å²) in [7, 11) is 0. The summed E-state index contributed by atoms with van der Waals surface area (Å²) in [4.78, 5) is 33.4. The van der Waals surface area contributed by atoms with E-state index in [9.17, 15) is 9.59 Å². The predicted octanol–water partition coefficient (Wildman–Crippen LogP) is 1.85. The second kappa shape index (κ2) is 6.40. The number of aromatic nitrogens is 4. The van der Waals surface area contributed by atoms with Crippen LogP contribution in [-0.2, 0) is 17.6 Å². The number of nitrogens with zero attached hydrogens (tertiary/aromatic N) is 3. The minimum absolute atomic E-state index is 0.0778. The van der Waals surface area contributed by atoms with Gasteiger partial charge in [-0.3, -0.25) is 19.7 Å². The molecule has 0 aliphatic rings. The van der Waals surface area contributed by atoms with Gasteiger partial charge in [-0.25, -0.2) is 4.98 Å². The molecule has 7 heteroatoms. The lowest BCUT2D eigenvalue weighted by molar-refractivity contribution is -0.114. The molecular formula is C15H12N4O2S. The standard InChI is InChI=1S/C15H12N4O2S/c20-13(14(21)15-17-9-18-19-15)8-12-2-1-11(22-12)7-10-3-5-16-6-4-10/h1-6,9H,7-8H2,(H,17,18,19). The minimum Gasteiger partial charge on any atom is -0.290 e. The molecule has 110 valence electrons. The van der Waals surface area contributed by atoms with E-state index >= 15 is 0 Å². The highest BCUT2D eigenvalue weighted by Gasteiger charge is 2.20. The molecule has 3 heterocycles. The van der Waals surface area contributed by atoms with Crippen molar-refractivity contribution in [2.75, 3.05) is 0 Å². The largest absolute Gasteiger partial charge is 0.290 e. The summed E-state index contributed by atoms with van der Waals surface area (Å²) in [6.07, 6.45) is 5.65. The average molecular weight is 312 g/mol. The average Bonchev–Trinajstić information content (AvgIpc) is 3.19. The minimum atomic E-state index is -0.662. The highest BCUT2D eigenvalue weighted by molar-refractivity contribution is 7.12. The molecule has 0 aromatic carbocycles. The Bertz CT molecular complexity index is 781. The summed E-state index contributed by atoms with van der Waals surface area (Å²) in [6, 6.07) is 7.77. The van der Waals surface area contributed by atoms with Crippen LogP contribution in [0.15, 0.2) is 43.0 Å². The Morgan fingerprint density at radius 1 is 1.09 bits per heavy atom. The van der Waals surface area contributed by atoms with Gasteiger partial charge >= 0.3 is 0 Å². The van der Waals surface area contributed by atoms with Crippen LogP contribution in [0.1, 0.15) is 25.9 Å². The Hall–Kier alpha value is -2.67. The van der Waals surface area contributed by atoms with Gasteiger partial charge in [0.15, 0.2) is 0 Å². The maximum absolute atomic E-state index is 11.9. The molecule has 0 spiro atoms. The summed E-state index contributed by atoms with van der Waals surface area (Å²) in [5.41, 5.74) is 1.16. The van der Waals surface area contributed by atoms with E-state index in [-0.39, 0.29) is 12.2 Å². The Morgan fingerprint density at radius 3 is 2.59 bits per heavy atom. The number of nitrogens with one attached hydrogen (secondary N) is 1. The number of hydrogen-bond acceptors (Lipinski definition) is 6. The van der Waals surface area contributed by atoms with Crippen molar-refractivity contribution in [3.05, 3.63) is 64.1 Å². The van der Waals surface area contributed by atoms with E-state index in [0.29, 0.717) is 0 Å². The van der Waals surface area contributed by atoms with E-state index in [4.69, 9.17) is 0 Å². The Labute approximate surface area is 130 Å². The second-order valence-electron chi connectivity index (χ2n) is 4.65. The zero-order valence-electron chi connectivity index (χ0n) is 11.5. The van der Waals surface area contributed by atoms with Gasteiger partial charge in [0, 0.05) is 35.0 Å². The SMILES string of the molecule is O=C(Cc1ccc(Cc2ccncc2)s1)C(=O)c1nc[nH]n1. The molecule has 6 nitrogen and oxygen atoms in total. The van der Waals surface area contributed by atoms with Gasteiger partial charge in [0.05, 0.1) is 0 Å². The van der Waals surface area contributed by atoms with E-state index in [1.807, 2.05) is 24.3 Å². The first-order valence-electron chi connectivity index (χ1n) is 6.62. The van der Waals surface area contributed by atoms with Gasteiger partial charge in [0.1, 0.15) is 6.33 Å². The number of carbonyl (C=O) groups excluding carboxylic acids is 2. The fraction of sp³-hybridized carbons (Fsp3) is 0.133. The van der Waals surface area contributed by atoms with Gasteiger partial charge < -0.3 is 0 Å². The van der Waals surface area contributed by atoms with Crippen molar-refractivity contribution in [2.45, 2.75) is 12.8 Å². The Morgan fingerprint density at radius 2 is 1.86 bits per heavy atom. The van der Waals surface area contributed by atoms with Crippen molar-refractivity contribution in [1.82, 2.24) is 20.2 Å². The van der Waals surface area contributed by atoms with Crippen molar-refractivity contribution >= 4 is 22.9 Å². The zero-order chi connectivity index (χ0) is 15.4. The molecule has 0 unspecified atom stereocenters. The van der Waals surface area contributed by atoms with Crippen LogP contribution in [0.5, 0.6) is 0 Å². The summed E-state index contributed by atoms with van der Waals surface area (Å²) >= 11 is 1.53. The van der Waals surface area contributed by atoms with E-state index < -0.39 is 11.6 Å². The number of rotatable bonds is 6. The highest BCUT2D eigenvalue weighted by atomic mass is 32.1. The fourth-order valence-electron chi connectivity index (χ4n) is 2.00. The molecule has 0 bridgehead atoms.